The van der Waals surface area contributed by atoms with E-state index in [1.54, 1.807) is 25.3 Å². The molecule has 2 N–H and O–H groups in total. The summed E-state index contributed by atoms with van der Waals surface area (Å²) in [6, 6.07) is 18.4. The number of aromatic amines is 1. The minimum atomic E-state index is -0.495. The van der Waals surface area contributed by atoms with Crippen molar-refractivity contribution < 1.29 is 14.6 Å². The molecule has 1 amide bonds. The van der Waals surface area contributed by atoms with E-state index in [4.69, 9.17) is 21.3 Å². The number of rotatable bonds is 5. The van der Waals surface area contributed by atoms with E-state index < -0.39 is 5.91 Å². The molecule has 0 fully saturated rings. The van der Waals surface area contributed by atoms with Crippen molar-refractivity contribution in [1.82, 2.24) is 14.5 Å². The second-order valence-corrected chi connectivity index (χ2v) is 8.28. The highest BCUT2D eigenvalue weighted by molar-refractivity contribution is 6.31. The fraction of sp³-hybridized carbons (Fsp3) is 0.120. The number of hydrogen-bond donors (Lipinski definition) is 2. The van der Waals surface area contributed by atoms with Crippen LogP contribution in [0.1, 0.15) is 5.56 Å². The van der Waals surface area contributed by atoms with Gasteiger partial charge in [-0.1, -0.05) is 17.7 Å². The van der Waals surface area contributed by atoms with E-state index >= 15 is 0 Å². The molecule has 0 aliphatic carbocycles. The first kappa shape index (κ1) is 21.7. The van der Waals surface area contributed by atoms with Gasteiger partial charge < -0.3 is 19.4 Å². The summed E-state index contributed by atoms with van der Waals surface area (Å²) in [4.78, 5) is 20.4. The van der Waals surface area contributed by atoms with E-state index in [0.29, 0.717) is 21.7 Å². The quantitative estimate of drug-likeness (QED) is 0.298. The van der Waals surface area contributed by atoms with Crippen molar-refractivity contribution >= 4 is 45.1 Å². The number of imidazole rings is 1. The van der Waals surface area contributed by atoms with Crippen LogP contribution in [0.4, 0.5) is 5.69 Å². The zero-order chi connectivity index (χ0) is 23.8. The smallest absolute Gasteiger partial charge is 0.284 e. The third-order valence-corrected chi connectivity index (χ3v) is 5.76. The molecule has 5 aromatic rings. The first-order valence-electron chi connectivity index (χ1n) is 10.5. The Morgan fingerprint density at radius 1 is 1.15 bits per heavy atom. The Labute approximate surface area is 199 Å². The summed E-state index contributed by atoms with van der Waals surface area (Å²) >= 11 is 6.07. The topological polar surface area (TPSA) is 105 Å². The second-order valence-electron chi connectivity index (χ2n) is 7.85. The van der Waals surface area contributed by atoms with Crippen LogP contribution in [0.15, 0.2) is 70.9 Å². The molecule has 0 atom stereocenters. The van der Waals surface area contributed by atoms with Gasteiger partial charge in [0.25, 0.3) is 5.91 Å². The average Bonchev–Trinajstić information content (AvgIpc) is 3.33. The van der Waals surface area contributed by atoms with Gasteiger partial charge in [0.05, 0.1) is 23.7 Å². The molecule has 0 spiro atoms. The predicted molar refractivity (Wildman–Crippen MR) is 131 cm³/mol. The number of azo groups is 1. The standard InChI is InChI=1S/C25H20ClN5O3/c1-14-3-10-21-20(11-14)27-24(15-4-7-17(34-2)8-5-15)31(21)13-22(32)29-30-23-18-12-16(26)6-9-19(18)28-25(23)33/h3-12,28,33H,13H2,1-2H3. The summed E-state index contributed by atoms with van der Waals surface area (Å²) in [5.41, 5.74) is 4.29. The Bertz CT molecular complexity index is 1570. The molecule has 9 heteroatoms. The number of benzene rings is 3. The molecule has 34 heavy (non-hydrogen) atoms. The fourth-order valence-electron chi connectivity index (χ4n) is 3.87. The number of amides is 1. The maximum atomic E-state index is 12.9. The Morgan fingerprint density at radius 2 is 1.94 bits per heavy atom. The normalized spacial score (nSPS) is 11.6. The van der Waals surface area contributed by atoms with Gasteiger partial charge in [0.2, 0.25) is 5.88 Å². The number of halogens is 1. The predicted octanol–water partition coefficient (Wildman–Crippen LogP) is 6.17. The lowest BCUT2D eigenvalue weighted by molar-refractivity contribution is -0.118. The Morgan fingerprint density at radius 3 is 2.71 bits per heavy atom. The van der Waals surface area contributed by atoms with Crippen LogP contribution in [-0.2, 0) is 11.3 Å². The van der Waals surface area contributed by atoms with E-state index in [-0.39, 0.29) is 18.1 Å². The summed E-state index contributed by atoms with van der Waals surface area (Å²) in [6.45, 7) is 1.92. The molecule has 2 aromatic heterocycles. The molecule has 0 saturated carbocycles. The fourth-order valence-corrected chi connectivity index (χ4v) is 4.04. The van der Waals surface area contributed by atoms with Crippen LogP contribution in [0.5, 0.6) is 11.6 Å². The van der Waals surface area contributed by atoms with Crippen molar-refractivity contribution in [2.45, 2.75) is 13.5 Å². The number of fused-ring (bicyclic) bond motifs is 2. The van der Waals surface area contributed by atoms with Gasteiger partial charge in [-0.15, -0.1) is 10.2 Å². The van der Waals surface area contributed by atoms with Crippen LogP contribution < -0.4 is 4.74 Å². The minimum Gasteiger partial charge on any atom is -0.497 e. The lowest BCUT2D eigenvalue weighted by atomic mass is 10.2. The molecule has 0 unspecified atom stereocenters. The maximum Gasteiger partial charge on any atom is 0.284 e. The Hall–Kier alpha value is -4.17. The molecule has 2 heterocycles. The minimum absolute atomic E-state index is 0.0751. The highest BCUT2D eigenvalue weighted by Crippen LogP contribution is 2.37. The Kier molecular flexibility index (Phi) is 5.51. The third-order valence-electron chi connectivity index (χ3n) is 5.52. The van der Waals surface area contributed by atoms with Gasteiger partial charge in [0.15, 0.2) is 5.69 Å². The van der Waals surface area contributed by atoms with E-state index in [0.717, 1.165) is 27.9 Å². The van der Waals surface area contributed by atoms with Crippen LogP contribution in [-0.4, -0.2) is 32.7 Å². The van der Waals surface area contributed by atoms with Crippen molar-refractivity contribution in [3.8, 4) is 23.0 Å². The average molecular weight is 474 g/mol. The van der Waals surface area contributed by atoms with Gasteiger partial charge >= 0.3 is 0 Å². The summed E-state index contributed by atoms with van der Waals surface area (Å²) < 4.78 is 7.06. The lowest BCUT2D eigenvalue weighted by Crippen LogP contribution is -2.08. The number of carbonyl (C=O) groups is 1. The van der Waals surface area contributed by atoms with Gasteiger partial charge in [-0.25, -0.2) is 4.98 Å². The first-order chi connectivity index (χ1) is 16.4. The van der Waals surface area contributed by atoms with Crippen molar-refractivity contribution in [3.63, 3.8) is 0 Å². The van der Waals surface area contributed by atoms with Crippen LogP contribution in [0.2, 0.25) is 5.02 Å². The number of H-pyrrole nitrogens is 1. The molecule has 0 bridgehead atoms. The van der Waals surface area contributed by atoms with Gasteiger partial charge in [0.1, 0.15) is 18.1 Å². The molecule has 0 saturated heterocycles. The molecule has 0 aliphatic rings. The van der Waals surface area contributed by atoms with Crippen LogP contribution >= 0.6 is 11.6 Å². The summed E-state index contributed by atoms with van der Waals surface area (Å²) in [6.07, 6.45) is 0. The van der Waals surface area contributed by atoms with Gasteiger partial charge in [-0.05, 0) is 67.1 Å². The highest BCUT2D eigenvalue weighted by Gasteiger charge is 2.17. The lowest BCUT2D eigenvalue weighted by Gasteiger charge is -2.08. The number of hydrogen-bond acceptors (Lipinski definition) is 5. The maximum absolute atomic E-state index is 12.9. The van der Waals surface area contributed by atoms with Gasteiger partial charge in [-0.2, -0.15) is 0 Å². The van der Waals surface area contributed by atoms with E-state index in [1.807, 2.05) is 54.0 Å². The summed E-state index contributed by atoms with van der Waals surface area (Å²) in [7, 11) is 1.61. The number of aromatic hydroxyl groups is 1. The molecule has 5 rings (SSSR count). The van der Waals surface area contributed by atoms with Crippen molar-refractivity contribution in [2.75, 3.05) is 7.11 Å². The number of methoxy groups -OCH3 is 1. The second kappa shape index (κ2) is 8.64. The molecule has 170 valence electrons. The summed E-state index contributed by atoms with van der Waals surface area (Å²) in [5, 5.41) is 19.1. The molecule has 0 radical (unpaired) electrons. The first-order valence-corrected chi connectivity index (χ1v) is 10.9. The van der Waals surface area contributed by atoms with Crippen LogP contribution in [0, 0.1) is 6.92 Å². The molecule has 0 aliphatic heterocycles. The monoisotopic (exact) mass is 473 g/mol. The Balaban J connectivity index is 1.51. The zero-order valence-electron chi connectivity index (χ0n) is 18.4. The number of carbonyl (C=O) groups excluding carboxylic acids is 1. The SMILES string of the molecule is COc1ccc(-c2nc3cc(C)ccc3n2CC(=O)N=Nc2c(O)[nH]c3ccc(Cl)cc23)cc1. The van der Waals surface area contributed by atoms with Crippen LogP contribution in [0.25, 0.3) is 33.3 Å². The molecule has 8 nitrogen and oxygen atoms in total. The van der Waals surface area contributed by atoms with E-state index in [1.165, 1.54) is 0 Å². The molecular formula is C25H20ClN5O3. The largest absolute Gasteiger partial charge is 0.497 e. The number of nitrogens with one attached hydrogen (secondary N) is 1. The number of ether oxygens (including phenoxy) is 1. The van der Waals surface area contributed by atoms with Crippen molar-refractivity contribution in [2.24, 2.45) is 10.2 Å². The molecule has 3 aromatic carbocycles. The zero-order valence-corrected chi connectivity index (χ0v) is 19.2. The summed E-state index contributed by atoms with van der Waals surface area (Å²) in [5.74, 6) is 0.681. The van der Waals surface area contributed by atoms with Crippen LogP contribution in [0.3, 0.4) is 0 Å². The van der Waals surface area contributed by atoms with Crippen molar-refractivity contribution in [3.05, 3.63) is 71.2 Å². The number of aromatic nitrogens is 3. The molecular weight excluding hydrogens is 454 g/mol. The van der Waals surface area contributed by atoms with E-state index in [2.05, 4.69) is 15.2 Å². The third kappa shape index (κ3) is 3.99. The van der Waals surface area contributed by atoms with Gasteiger partial charge in [0, 0.05) is 16.0 Å². The van der Waals surface area contributed by atoms with Gasteiger partial charge in [-0.3, -0.25) is 4.79 Å². The number of aryl methyl sites for hydroxylation is 1. The van der Waals surface area contributed by atoms with Crippen molar-refractivity contribution in [1.29, 1.82) is 0 Å². The highest BCUT2D eigenvalue weighted by atomic mass is 35.5. The van der Waals surface area contributed by atoms with E-state index in [9.17, 15) is 9.90 Å². The number of nitrogens with zero attached hydrogens (tertiary/aromatic N) is 4.